The van der Waals surface area contributed by atoms with Crippen LogP contribution >= 0.6 is 0 Å². The Labute approximate surface area is 117 Å². The highest BCUT2D eigenvalue weighted by Gasteiger charge is 2.35. The molecule has 4 atom stereocenters. The molecule has 0 aromatic carbocycles. The molecule has 2 aliphatic heterocycles. The van der Waals surface area contributed by atoms with Gasteiger partial charge in [-0.05, 0) is 50.4 Å². The number of Topliss-reactive ketones (excluding diaryl/α,β-unsaturated/α-hetero) is 1. The number of carbonyl (C=O) groups is 1. The lowest BCUT2D eigenvalue weighted by Crippen LogP contribution is -2.39. The van der Waals surface area contributed by atoms with Gasteiger partial charge in [0.15, 0.2) is 0 Å². The highest BCUT2D eigenvalue weighted by atomic mass is 16.1. The quantitative estimate of drug-likeness (QED) is 0.838. The molecule has 19 heavy (non-hydrogen) atoms. The van der Waals surface area contributed by atoms with Crippen LogP contribution in [0, 0.1) is 17.8 Å². The van der Waals surface area contributed by atoms with Crippen LogP contribution in [0.25, 0.3) is 0 Å². The number of piperidine rings is 1. The average Bonchev–Trinajstić information content (AvgIpc) is 2.78. The molecule has 0 aromatic rings. The number of fused-ring (bicyclic) bond motifs is 2. The van der Waals surface area contributed by atoms with Crippen LogP contribution in [0.1, 0.15) is 71.1 Å². The van der Waals surface area contributed by atoms with Crippen molar-refractivity contribution < 1.29 is 4.79 Å². The Morgan fingerprint density at radius 2 is 1.74 bits per heavy atom. The van der Waals surface area contributed by atoms with E-state index in [1.807, 2.05) is 0 Å². The summed E-state index contributed by atoms with van der Waals surface area (Å²) in [4.78, 5) is 12.5. The fourth-order valence-electron chi connectivity index (χ4n) is 4.75. The summed E-state index contributed by atoms with van der Waals surface area (Å²) in [6, 6.07) is 1.46. The van der Waals surface area contributed by atoms with Crippen LogP contribution in [-0.2, 0) is 4.79 Å². The summed E-state index contributed by atoms with van der Waals surface area (Å²) < 4.78 is 0. The second-order valence-corrected chi connectivity index (χ2v) is 7.28. The third-order valence-corrected chi connectivity index (χ3v) is 5.88. The van der Waals surface area contributed by atoms with Gasteiger partial charge in [-0.25, -0.2) is 0 Å². The topological polar surface area (TPSA) is 29.1 Å². The zero-order valence-corrected chi connectivity index (χ0v) is 12.4. The molecule has 1 N–H and O–H groups in total. The zero-order valence-electron chi connectivity index (χ0n) is 12.4. The maximum atomic E-state index is 12.5. The van der Waals surface area contributed by atoms with E-state index in [0.29, 0.717) is 17.6 Å². The predicted molar refractivity (Wildman–Crippen MR) is 78.0 cm³/mol. The van der Waals surface area contributed by atoms with Crippen LogP contribution in [0.2, 0.25) is 0 Å². The smallest absolute Gasteiger partial charge is 0.136 e. The fourth-order valence-corrected chi connectivity index (χ4v) is 4.75. The van der Waals surface area contributed by atoms with Crippen molar-refractivity contribution in [2.24, 2.45) is 17.8 Å². The zero-order chi connectivity index (χ0) is 13.2. The van der Waals surface area contributed by atoms with Crippen LogP contribution in [0.3, 0.4) is 0 Å². The summed E-state index contributed by atoms with van der Waals surface area (Å²) in [6.45, 7) is 2.28. The lowest BCUT2D eigenvalue weighted by atomic mass is 9.75. The van der Waals surface area contributed by atoms with Crippen molar-refractivity contribution in [1.29, 1.82) is 0 Å². The third-order valence-electron chi connectivity index (χ3n) is 5.88. The van der Waals surface area contributed by atoms with Crippen LogP contribution in [0.15, 0.2) is 0 Å². The maximum absolute atomic E-state index is 12.5. The molecule has 108 valence electrons. The van der Waals surface area contributed by atoms with Crippen molar-refractivity contribution in [3.8, 4) is 0 Å². The number of rotatable bonds is 4. The van der Waals surface area contributed by atoms with Gasteiger partial charge < -0.3 is 5.32 Å². The molecule has 3 fully saturated rings. The van der Waals surface area contributed by atoms with Crippen molar-refractivity contribution >= 4 is 5.78 Å². The van der Waals surface area contributed by atoms with Crippen LogP contribution in [0.5, 0.6) is 0 Å². The number of nitrogens with one attached hydrogen (secondary N) is 1. The van der Waals surface area contributed by atoms with Crippen LogP contribution < -0.4 is 5.32 Å². The predicted octanol–water partition coefficient (Wildman–Crippen LogP) is 3.69. The van der Waals surface area contributed by atoms with Gasteiger partial charge in [0.2, 0.25) is 0 Å². The molecule has 0 amide bonds. The molecular weight excluding hydrogens is 234 g/mol. The van der Waals surface area contributed by atoms with E-state index in [0.717, 1.165) is 24.4 Å². The van der Waals surface area contributed by atoms with Crippen molar-refractivity contribution in [3.63, 3.8) is 0 Å². The van der Waals surface area contributed by atoms with Crippen LogP contribution in [0.4, 0.5) is 0 Å². The largest absolute Gasteiger partial charge is 0.311 e. The first-order chi connectivity index (χ1) is 9.24. The van der Waals surface area contributed by atoms with Crippen molar-refractivity contribution in [2.45, 2.75) is 83.2 Å². The van der Waals surface area contributed by atoms with E-state index in [-0.39, 0.29) is 0 Å². The Hall–Kier alpha value is -0.370. The summed E-state index contributed by atoms with van der Waals surface area (Å²) >= 11 is 0. The van der Waals surface area contributed by atoms with E-state index in [2.05, 4.69) is 12.2 Å². The Bertz CT molecular complexity index is 315. The lowest BCUT2D eigenvalue weighted by molar-refractivity contribution is -0.125. The minimum Gasteiger partial charge on any atom is -0.311 e. The first-order valence-electron chi connectivity index (χ1n) is 8.53. The van der Waals surface area contributed by atoms with Gasteiger partial charge >= 0.3 is 0 Å². The molecule has 2 nitrogen and oxygen atoms in total. The minimum absolute atomic E-state index is 0.409. The van der Waals surface area contributed by atoms with E-state index in [1.54, 1.807) is 0 Å². The molecule has 1 aliphatic carbocycles. The Morgan fingerprint density at radius 1 is 1.00 bits per heavy atom. The molecule has 2 bridgehead atoms. The number of hydrogen-bond donors (Lipinski definition) is 1. The Balaban J connectivity index is 1.50. The van der Waals surface area contributed by atoms with Gasteiger partial charge in [-0.3, -0.25) is 4.79 Å². The molecule has 2 saturated heterocycles. The number of carbonyl (C=O) groups excluding carboxylic acids is 1. The normalized spacial score (nSPS) is 42.3. The second-order valence-electron chi connectivity index (χ2n) is 7.28. The standard InChI is InChI=1S/C17H29NO/c1-2-12-4-3-5-14(8-12)17(19)11-13-9-15-6-7-16(10-13)18-15/h12-16,18H,2-11H2,1H3. The number of hydrogen-bond acceptors (Lipinski definition) is 2. The van der Waals surface area contributed by atoms with E-state index in [1.165, 1.54) is 57.8 Å². The van der Waals surface area contributed by atoms with Gasteiger partial charge in [0, 0.05) is 24.4 Å². The van der Waals surface area contributed by atoms with Gasteiger partial charge in [0.1, 0.15) is 5.78 Å². The van der Waals surface area contributed by atoms with Gasteiger partial charge in [-0.1, -0.05) is 26.2 Å². The fraction of sp³-hybridized carbons (Fsp3) is 0.941. The summed E-state index contributed by atoms with van der Waals surface area (Å²) in [6.07, 6.45) is 12.4. The molecule has 0 radical (unpaired) electrons. The van der Waals surface area contributed by atoms with E-state index in [4.69, 9.17) is 0 Å². The Kier molecular flexibility index (Phi) is 4.26. The molecule has 4 unspecified atom stereocenters. The van der Waals surface area contributed by atoms with E-state index >= 15 is 0 Å². The average molecular weight is 263 g/mol. The molecule has 0 aromatic heterocycles. The summed E-state index contributed by atoms with van der Waals surface area (Å²) in [5.74, 6) is 2.52. The van der Waals surface area contributed by atoms with Gasteiger partial charge in [-0.2, -0.15) is 0 Å². The van der Waals surface area contributed by atoms with Crippen molar-refractivity contribution in [2.75, 3.05) is 0 Å². The van der Waals surface area contributed by atoms with Crippen molar-refractivity contribution in [3.05, 3.63) is 0 Å². The van der Waals surface area contributed by atoms with E-state index < -0.39 is 0 Å². The third kappa shape index (κ3) is 3.21. The first kappa shape index (κ1) is 13.6. The minimum atomic E-state index is 0.409. The molecule has 0 spiro atoms. The number of ketones is 1. The summed E-state index contributed by atoms with van der Waals surface area (Å²) in [5, 5.41) is 3.68. The lowest BCUT2D eigenvalue weighted by Gasteiger charge is -2.31. The SMILES string of the molecule is CCC1CCCC(C(=O)CC2CC3CCC(C2)N3)C1. The van der Waals surface area contributed by atoms with Crippen LogP contribution in [-0.4, -0.2) is 17.9 Å². The molecule has 1 saturated carbocycles. The van der Waals surface area contributed by atoms with Gasteiger partial charge in [0.05, 0.1) is 0 Å². The molecule has 3 rings (SSSR count). The Morgan fingerprint density at radius 3 is 2.42 bits per heavy atom. The molecule has 2 heteroatoms. The van der Waals surface area contributed by atoms with Gasteiger partial charge in [0.25, 0.3) is 0 Å². The first-order valence-corrected chi connectivity index (χ1v) is 8.53. The monoisotopic (exact) mass is 263 g/mol. The molecule has 2 heterocycles. The highest BCUT2D eigenvalue weighted by Crippen LogP contribution is 2.36. The summed E-state index contributed by atoms with van der Waals surface area (Å²) in [5.41, 5.74) is 0. The molecule has 3 aliphatic rings. The van der Waals surface area contributed by atoms with Gasteiger partial charge in [-0.15, -0.1) is 0 Å². The van der Waals surface area contributed by atoms with Crippen molar-refractivity contribution in [1.82, 2.24) is 5.32 Å². The summed E-state index contributed by atoms with van der Waals surface area (Å²) in [7, 11) is 0. The highest BCUT2D eigenvalue weighted by molar-refractivity contribution is 5.81. The second kappa shape index (κ2) is 5.95. The maximum Gasteiger partial charge on any atom is 0.136 e. The van der Waals surface area contributed by atoms with E-state index in [9.17, 15) is 4.79 Å². The molecular formula is C17H29NO.